The molecule has 0 spiro atoms. The second-order valence-corrected chi connectivity index (χ2v) is 5.16. The summed E-state index contributed by atoms with van der Waals surface area (Å²) in [5.74, 6) is 1.22. The van der Waals surface area contributed by atoms with Crippen LogP contribution in [0.25, 0.3) is 22.6 Å². The maximum absolute atomic E-state index is 13.4. The summed E-state index contributed by atoms with van der Waals surface area (Å²) in [6.45, 7) is 3.11. The molecule has 0 fully saturated rings. The molecular formula is C17H17FN4O. The van der Waals surface area contributed by atoms with Crippen molar-refractivity contribution in [2.45, 2.75) is 13.5 Å². The van der Waals surface area contributed by atoms with E-state index in [0.29, 0.717) is 24.7 Å². The zero-order chi connectivity index (χ0) is 16.2. The summed E-state index contributed by atoms with van der Waals surface area (Å²) in [4.78, 5) is 4.38. The van der Waals surface area contributed by atoms with Crippen LogP contribution in [0.4, 0.5) is 4.39 Å². The first-order chi connectivity index (χ1) is 11.2. The summed E-state index contributed by atoms with van der Waals surface area (Å²) in [6, 6.07) is 10.2. The number of aryl methyl sites for hydroxylation is 1. The van der Waals surface area contributed by atoms with Crippen molar-refractivity contribution in [1.82, 2.24) is 19.7 Å². The lowest BCUT2D eigenvalue weighted by Gasteiger charge is -2.08. The summed E-state index contributed by atoms with van der Waals surface area (Å²) < 4.78 is 20.5. The fraction of sp³-hybridized carbons (Fsp3) is 0.235. The van der Waals surface area contributed by atoms with Crippen molar-refractivity contribution >= 4 is 0 Å². The van der Waals surface area contributed by atoms with Gasteiger partial charge in [0.15, 0.2) is 5.82 Å². The lowest BCUT2D eigenvalue weighted by molar-refractivity contribution is 0.187. The summed E-state index contributed by atoms with van der Waals surface area (Å²) in [5.41, 5.74) is 2.38. The van der Waals surface area contributed by atoms with Gasteiger partial charge in [0.25, 0.3) is 0 Å². The SMILES string of the molecule is COCCn1c(C)nnc1-c1cc(-c2cccc(F)c2)ccn1. The third-order valence-corrected chi connectivity index (χ3v) is 3.60. The van der Waals surface area contributed by atoms with Gasteiger partial charge in [-0.25, -0.2) is 4.39 Å². The number of pyridine rings is 1. The number of rotatable bonds is 5. The minimum atomic E-state index is -0.264. The molecule has 1 aromatic carbocycles. The molecule has 118 valence electrons. The maximum Gasteiger partial charge on any atom is 0.182 e. The second-order valence-electron chi connectivity index (χ2n) is 5.16. The van der Waals surface area contributed by atoms with E-state index in [4.69, 9.17) is 4.74 Å². The number of aromatic nitrogens is 4. The van der Waals surface area contributed by atoms with Crippen molar-refractivity contribution in [2.75, 3.05) is 13.7 Å². The predicted octanol–water partition coefficient (Wildman–Crippen LogP) is 3.10. The molecule has 2 aromatic heterocycles. The van der Waals surface area contributed by atoms with Crippen LogP contribution in [0.5, 0.6) is 0 Å². The van der Waals surface area contributed by atoms with Gasteiger partial charge in [-0.15, -0.1) is 10.2 Å². The number of methoxy groups -OCH3 is 1. The first-order valence-electron chi connectivity index (χ1n) is 7.30. The highest BCUT2D eigenvalue weighted by molar-refractivity contribution is 5.68. The fourth-order valence-corrected chi connectivity index (χ4v) is 2.42. The average molecular weight is 312 g/mol. The Bertz CT molecular complexity index is 816. The standard InChI is InChI=1S/C17H17FN4O/c1-12-20-21-17(22(12)8-9-23-2)16-11-14(6-7-19-16)13-4-3-5-15(18)10-13/h3-7,10-11H,8-9H2,1-2H3. The Labute approximate surface area is 133 Å². The summed E-state index contributed by atoms with van der Waals surface area (Å²) in [5, 5.41) is 8.33. The summed E-state index contributed by atoms with van der Waals surface area (Å²) >= 11 is 0. The Kier molecular flexibility index (Phi) is 4.43. The van der Waals surface area contributed by atoms with Crippen molar-refractivity contribution in [2.24, 2.45) is 0 Å². The normalized spacial score (nSPS) is 10.9. The maximum atomic E-state index is 13.4. The predicted molar refractivity (Wildman–Crippen MR) is 85.3 cm³/mol. The fourth-order valence-electron chi connectivity index (χ4n) is 2.42. The molecule has 23 heavy (non-hydrogen) atoms. The van der Waals surface area contributed by atoms with E-state index >= 15 is 0 Å². The smallest absolute Gasteiger partial charge is 0.182 e. The van der Waals surface area contributed by atoms with Gasteiger partial charge in [-0.1, -0.05) is 12.1 Å². The number of ether oxygens (including phenoxy) is 1. The monoisotopic (exact) mass is 312 g/mol. The van der Waals surface area contributed by atoms with E-state index in [2.05, 4.69) is 15.2 Å². The molecule has 0 saturated carbocycles. The Morgan fingerprint density at radius 3 is 2.74 bits per heavy atom. The largest absolute Gasteiger partial charge is 0.383 e. The highest BCUT2D eigenvalue weighted by Crippen LogP contribution is 2.24. The van der Waals surface area contributed by atoms with Crippen molar-refractivity contribution in [3.05, 3.63) is 54.2 Å². The van der Waals surface area contributed by atoms with Crippen LogP contribution in [0, 0.1) is 12.7 Å². The van der Waals surface area contributed by atoms with Crippen LogP contribution >= 0.6 is 0 Å². The van der Waals surface area contributed by atoms with Crippen LogP contribution in [0.3, 0.4) is 0 Å². The molecule has 6 heteroatoms. The molecule has 0 amide bonds. The lowest BCUT2D eigenvalue weighted by atomic mass is 10.1. The number of hydrogen-bond donors (Lipinski definition) is 0. The van der Waals surface area contributed by atoms with Crippen molar-refractivity contribution in [1.29, 1.82) is 0 Å². The highest BCUT2D eigenvalue weighted by atomic mass is 19.1. The van der Waals surface area contributed by atoms with Gasteiger partial charge in [-0.05, 0) is 42.3 Å². The number of benzene rings is 1. The van der Waals surface area contributed by atoms with Crippen molar-refractivity contribution < 1.29 is 9.13 Å². The van der Waals surface area contributed by atoms with Gasteiger partial charge in [0, 0.05) is 19.9 Å². The van der Waals surface area contributed by atoms with E-state index in [0.717, 1.165) is 17.0 Å². The average Bonchev–Trinajstić information content (AvgIpc) is 2.94. The molecule has 0 saturated heterocycles. The molecule has 0 unspecified atom stereocenters. The topological polar surface area (TPSA) is 52.8 Å². The van der Waals surface area contributed by atoms with Gasteiger partial charge in [-0.3, -0.25) is 4.98 Å². The van der Waals surface area contributed by atoms with E-state index in [1.807, 2.05) is 29.7 Å². The Morgan fingerprint density at radius 2 is 1.96 bits per heavy atom. The van der Waals surface area contributed by atoms with E-state index in [9.17, 15) is 4.39 Å². The molecule has 0 aliphatic rings. The van der Waals surface area contributed by atoms with E-state index in [1.54, 1.807) is 19.4 Å². The molecule has 0 N–H and O–H groups in total. The van der Waals surface area contributed by atoms with Crippen LogP contribution in [0.1, 0.15) is 5.82 Å². The highest BCUT2D eigenvalue weighted by Gasteiger charge is 2.13. The molecule has 0 radical (unpaired) electrons. The quantitative estimate of drug-likeness (QED) is 0.726. The number of halogens is 1. The van der Waals surface area contributed by atoms with Gasteiger partial charge in [-0.2, -0.15) is 0 Å². The zero-order valence-electron chi connectivity index (χ0n) is 13.0. The molecule has 0 aliphatic heterocycles. The Hall–Kier alpha value is -2.60. The van der Waals surface area contributed by atoms with E-state index < -0.39 is 0 Å². The van der Waals surface area contributed by atoms with Crippen LogP contribution in [0.2, 0.25) is 0 Å². The Balaban J connectivity index is 2.00. The molecule has 3 aromatic rings. The molecule has 0 aliphatic carbocycles. The third kappa shape index (κ3) is 3.27. The molecule has 5 nitrogen and oxygen atoms in total. The second kappa shape index (κ2) is 6.66. The summed E-state index contributed by atoms with van der Waals surface area (Å²) in [7, 11) is 1.65. The van der Waals surface area contributed by atoms with Gasteiger partial charge in [0.05, 0.1) is 6.61 Å². The van der Waals surface area contributed by atoms with Gasteiger partial charge >= 0.3 is 0 Å². The number of nitrogens with zero attached hydrogens (tertiary/aromatic N) is 4. The van der Waals surface area contributed by atoms with Gasteiger partial charge in [0.1, 0.15) is 17.3 Å². The molecular weight excluding hydrogens is 295 g/mol. The third-order valence-electron chi connectivity index (χ3n) is 3.60. The van der Waals surface area contributed by atoms with Crippen molar-refractivity contribution in [3.63, 3.8) is 0 Å². The minimum absolute atomic E-state index is 0.264. The molecule has 0 atom stereocenters. The van der Waals surface area contributed by atoms with E-state index in [-0.39, 0.29) is 5.82 Å². The van der Waals surface area contributed by atoms with Crippen LogP contribution in [-0.2, 0) is 11.3 Å². The zero-order valence-corrected chi connectivity index (χ0v) is 13.0. The van der Waals surface area contributed by atoms with Gasteiger partial charge < -0.3 is 9.30 Å². The first kappa shape index (κ1) is 15.3. The van der Waals surface area contributed by atoms with Gasteiger partial charge in [0.2, 0.25) is 0 Å². The minimum Gasteiger partial charge on any atom is -0.383 e. The Morgan fingerprint density at radius 1 is 1.13 bits per heavy atom. The van der Waals surface area contributed by atoms with Crippen molar-refractivity contribution in [3.8, 4) is 22.6 Å². The van der Waals surface area contributed by atoms with E-state index in [1.165, 1.54) is 12.1 Å². The lowest BCUT2D eigenvalue weighted by Crippen LogP contribution is -2.08. The van der Waals surface area contributed by atoms with Crippen LogP contribution in [-0.4, -0.2) is 33.5 Å². The first-order valence-corrected chi connectivity index (χ1v) is 7.30. The van der Waals surface area contributed by atoms with Crippen LogP contribution < -0.4 is 0 Å². The number of hydrogen-bond acceptors (Lipinski definition) is 4. The van der Waals surface area contributed by atoms with Crippen LogP contribution in [0.15, 0.2) is 42.6 Å². The molecule has 0 bridgehead atoms. The molecule has 3 rings (SSSR count). The molecule has 2 heterocycles. The summed E-state index contributed by atoms with van der Waals surface area (Å²) in [6.07, 6.45) is 1.69.